The van der Waals surface area contributed by atoms with Gasteiger partial charge in [-0.3, -0.25) is 18.6 Å². The lowest BCUT2D eigenvalue weighted by Gasteiger charge is -2.27. The Labute approximate surface area is 504 Å². The monoisotopic (exact) mass is 1160 g/mol. The molecule has 9 nitrogen and oxygen atoms in total. The standard InChI is InChI=1S/C72H121N2O7P/c1-7-10-13-16-19-22-25-28-30-32-34-36-37-39-41-43-45-47-50-53-56-59-62-65-72(76)81-70(63-60-57-54-51-48-27-24-21-18-15-12-9-3)69(68-80-82(77,78)79-67-66-74(4,5)6)73-71(75)64-61-58-55-52-49-46-44-42-40-38-35-33-31-29-26-23-20-17-14-11-8-2/h10-11,13-14,19-20,22-23,28-31,34-36,38-39,41-42,44-45,47,60,63,69-70H,7-9,12,15-18,21,24-27,32-33,37,40,43,46,48-59,61-62,64-68H2,1-6H3,(H-,73,75,77,78)/p+1/b13-10-,14-11-,22-19-,23-20-,30-28-,31-29-,36-34-,38-35-,41-39-,44-42-,47-45-,63-60+. The number of esters is 1. The molecule has 2 N–H and O–H groups in total. The Balaban J connectivity index is 5.31. The molecule has 0 aromatic heterocycles. The summed E-state index contributed by atoms with van der Waals surface area (Å²) in [7, 11) is 1.44. The van der Waals surface area contributed by atoms with Crippen molar-refractivity contribution >= 4 is 19.7 Å². The second-order valence-corrected chi connectivity index (χ2v) is 24.0. The highest BCUT2D eigenvalue weighted by Gasteiger charge is 2.30. The lowest BCUT2D eigenvalue weighted by atomic mass is 10.0. The quantitative estimate of drug-likeness (QED) is 0.0205. The lowest BCUT2D eigenvalue weighted by molar-refractivity contribution is -0.870. The van der Waals surface area contributed by atoms with E-state index in [1.807, 2.05) is 33.3 Å². The van der Waals surface area contributed by atoms with Crippen molar-refractivity contribution in [1.29, 1.82) is 0 Å². The first-order valence-electron chi connectivity index (χ1n) is 32.7. The van der Waals surface area contributed by atoms with E-state index in [2.05, 4.69) is 160 Å². The van der Waals surface area contributed by atoms with E-state index in [9.17, 15) is 19.0 Å². The molecule has 466 valence electrons. The number of rotatable bonds is 57. The summed E-state index contributed by atoms with van der Waals surface area (Å²) in [6.07, 6.45) is 87.0. The first-order chi connectivity index (χ1) is 39.9. The minimum Gasteiger partial charge on any atom is -0.456 e. The molecule has 0 radical (unpaired) electrons. The molecule has 0 saturated heterocycles. The van der Waals surface area contributed by atoms with E-state index in [0.29, 0.717) is 30.3 Å². The molecule has 0 bridgehead atoms. The van der Waals surface area contributed by atoms with Gasteiger partial charge in [-0.2, -0.15) is 0 Å². The fraction of sp³-hybridized carbons (Fsp3) is 0.639. The molecule has 0 aliphatic rings. The second kappa shape index (κ2) is 60.0. The van der Waals surface area contributed by atoms with Crippen molar-refractivity contribution in [1.82, 2.24) is 5.32 Å². The Bertz CT molecular complexity index is 1910. The Morgan fingerprint density at radius 3 is 1.17 bits per heavy atom. The zero-order valence-corrected chi connectivity index (χ0v) is 54.1. The van der Waals surface area contributed by atoms with E-state index < -0.39 is 20.0 Å². The second-order valence-electron chi connectivity index (χ2n) is 22.5. The number of likely N-dealkylation sites (N-methyl/N-ethyl adjacent to an activating group) is 1. The number of hydrogen-bond donors (Lipinski definition) is 2. The van der Waals surface area contributed by atoms with E-state index in [1.54, 1.807) is 0 Å². The van der Waals surface area contributed by atoms with Gasteiger partial charge in [0.25, 0.3) is 0 Å². The third kappa shape index (κ3) is 60.5. The van der Waals surface area contributed by atoms with Crippen molar-refractivity contribution in [2.24, 2.45) is 0 Å². The van der Waals surface area contributed by atoms with Crippen molar-refractivity contribution in [2.45, 2.75) is 258 Å². The maximum atomic E-state index is 13.6. The number of quaternary nitrogens is 1. The third-order valence-corrected chi connectivity index (χ3v) is 14.5. The minimum absolute atomic E-state index is 0.0230. The lowest BCUT2D eigenvalue weighted by Crippen LogP contribution is -2.47. The van der Waals surface area contributed by atoms with E-state index in [0.717, 1.165) is 148 Å². The number of amides is 1. The van der Waals surface area contributed by atoms with Crippen LogP contribution in [0.5, 0.6) is 0 Å². The van der Waals surface area contributed by atoms with Gasteiger partial charge in [0, 0.05) is 12.8 Å². The Morgan fingerprint density at radius 2 is 0.780 bits per heavy atom. The van der Waals surface area contributed by atoms with Crippen LogP contribution in [-0.4, -0.2) is 74.3 Å². The highest BCUT2D eigenvalue weighted by molar-refractivity contribution is 7.47. The average molecular weight is 1160 g/mol. The van der Waals surface area contributed by atoms with Crippen molar-refractivity contribution in [3.8, 4) is 0 Å². The summed E-state index contributed by atoms with van der Waals surface area (Å²) in [6, 6.07) is -0.882. The molecule has 3 atom stereocenters. The fourth-order valence-electron chi connectivity index (χ4n) is 8.56. The van der Waals surface area contributed by atoms with E-state index in [4.69, 9.17) is 13.8 Å². The van der Waals surface area contributed by atoms with E-state index in [1.165, 1.54) is 51.4 Å². The normalized spacial score (nSPS) is 14.6. The minimum atomic E-state index is -4.47. The van der Waals surface area contributed by atoms with Crippen LogP contribution in [0.3, 0.4) is 0 Å². The van der Waals surface area contributed by atoms with Crippen LogP contribution in [0.1, 0.15) is 245 Å². The molecule has 82 heavy (non-hydrogen) atoms. The fourth-order valence-corrected chi connectivity index (χ4v) is 9.29. The van der Waals surface area contributed by atoms with Crippen LogP contribution in [-0.2, 0) is 27.9 Å². The summed E-state index contributed by atoms with van der Waals surface area (Å²) in [5, 5.41) is 3.04. The summed E-state index contributed by atoms with van der Waals surface area (Å²) in [4.78, 5) is 37.8. The maximum absolute atomic E-state index is 13.6. The van der Waals surface area contributed by atoms with Crippen molar-refractivity contribution in [2.75, 3.05) is 40.9 Å². The molecule has 0 rings (SSSR count). The highest BCUT2D eigenvalue weighted by Crippen LogP contribution is 2.43. The number of phosphoric ester groups is 1. The number of hydrogen-bond acceptors (Lipinski definition) is 6. The number of phosphoric acid groups is 1. The first-order valence-corrected chi connectivity index (χ1v) is 34.2. The molecule has 0 aromatic carbocycles. The van der Waals surface area contributed by atoms with Crippen molar-refractivity contribution in [3.63, 3.8) is 0 Å². The Hall–Kier alpha value is -4.11. The maximum Gasteiger partial charge on any atom is 0.472 e. The van der Waals surface area contributed by atoms with E-state index in [-0.39, 0.29) is 31.5 Å². The van der Waals surface area contributed by atoms with Gasteiger partial charge in [-0.15, -0.1) is 0 Å². The highest BCUT2D eigenvalue weighted by atomic mass is 31.2. The molecule has 10 heteroatoms. The smallest absolute Gasteiger partial charge is 0.456 e. The number of nitrogens with zero attached hydrogens (tertiary/aromatic N) is 1. The largest absolute Gasteiger partial charge is 0.472 e. The van der Waals surface area contributed by atoms with Gasteiger partial charge in [0.05, 0.1) is 33.8 Å². The molecule has 0 spiro atoms. The van der Waals surface area contributed by atoms with Gasteiger partial charge < -0.3 is 19.4 Å². The molecule has 0 fully saturated rings. The SMILES string of the molecule is CC/C=C\C/C=C\C/C=C\C/C=C\C/C=C\C/C=C\CCCCCCC(=O)OC(/C=C/CCCCCCCCCCCC)C(COP(=O)(O)OCC[N+](C)(C)C)NC(=O)CCCCCCC/C=C\C/C=C\C/C=C\C/C=C\C/C=C\CC. The van der Waals surface area contributed by atoms with Crippen LogP contribution in [0, 0.1) is 0 Å². The molecule has 0 heterocycles. The number of nitrogens with one attached hydrogen (secondary N) is 1. The summed E-state index contributed by atoms with van der Waals surface area (Å²) >= 11 is 0. The predicted octanol–water partition coefficient (Wildman–Crippen LogP) is 20.6. The summed E-state index contributed by atoms with van der Waals surface area (Å²) in [5.74, 6) is -0.567. The summed E-state index contributed by atoms with van der Waals surface area (Å²) in [5.41, 5.74) is 0. The number of carbonyl (C=O) groups is 2. The van der Waals surface area contributed by atoms with Crippen LogP contribution >= 0.6 is 7.82 Å². The van der Waals surface area contributed by atoms with Crippen LogP contribution in [0.25, 0.3) is 0 Å². The average Bonchev–Trinajstić information content (AvgIpc) is 3.44. The van der Waals surface area contributed by atoms with Crippen molar-refractivity contribution < 1.29 is 37.3 Å². The van der Waals surface area contributed by atoms with Gasteiger partial charge >= 0.3 is 13.8 Å². The molecular weight excluding hydrogens is 1040 g/mol. The van der Waals surface area contributed by atoms with Gasteiger partial charge in [0.2, 0.25) is 5.91 Å². The Morgan fingerprint density at radius 1 is 0.439 bits per heavy atom. The zero-order chi connectivity index (χ0) is 60.0. The van der Waals surface area contributed by atoms with Crippen LogP contribution in [0.4, 0.5) is 0 Å². The summed E-state index contributed by atoms with van der Waals surface area (Å²) < 4.78 is 30.7. The number of allylic oxidation sites excluding steroid dienone is 23. The molecular formula is C72H122N2O7P+. The third-order valence-electron chi connectivity index (χ3n) is 13.5. The first kappa shape index (κ1) is 77.9. The molecule has 0 aromatic rings. The van der Waals surface area contributed by atoms with Gasteiger partial charge in [-0.05, 0) is 128 Å². The van der Waals surface area contributed by atoms with E-state index >= 15 is 0 Å². The number of carbonyl (C=O) groups excluding carboxylic acids is 2. The molecule has 0 aliphatic carbocycles. The molecule has 1 amide bonds. The van der Waals surface area contributed by atoms with Gasteiger partial charge in [-0.25, -0.2) is 4.57 Å². The van der Waals surface area contributed by atoms with Crippen LogP contribution < -0.4 is 5.32 Å². The topological polar surface area (TPSA) is 111 Å². The van der Waals surface area contributed by atoms with Crippen LogP contribution in [0.15, 0.2) is 146 Å². The number of unbranched alkanes of at least 4 members (excludes halogenated alkanes) is 19. The Kier molecular flexibility index (Phi) is 57.0. The zero-order valence-electron chi connectivity index (χ0n) is 53.2. The molecule has 0 saturated carbocycles. The molecule has 0 aliphatic heterocycles. The van der Waals surface area contributed by atoms with Gasteiger partial charge in [0.15, 0.2) is 0 Å². The van der Waals surface area contributed by atoms with Gasteiger partial charge in [0.1, 0.15) is 19.3 Å². The van der Waals surface area contributed by atoms with Gasteiger partial charge in [-0.1, -0.05) is 250 Å². The summed E-state index contributed by atoms with van der Waals surface area (Å²) in [6.45, 7) is 6.73. The van der Waals surface area contributed by atoms with Crippen LogP contribution in [0.2, 0.25) is 0 Å². The predicted molar refractivity (Wildman–Crippen MR) is 355 cm³/mol. The molecule has 3 unspecified atom stereocenters. The number of ether oxygens (including phenoxy) is 1. The van der Waals surface area contributed by atoms with Crippen molar-refractivity contribution in [3.05, 3.63) is 146 Å².